The molecule has 1 aliphatic rings. The van der Waals surface area contributed by atoms with E-state index in [0.29, 0.717) is 6.54 Å². The monoisotopic (exact) mass is 413 g/mol. The number of methoxy groups -OCH3 is 1. The summed E-state index contributed by atoms with van der Waals surface area (Å²) in [6.45, 7) is 10.8. The van der Waals surface area contributed by atoms with Gasteiger partial charge in [0.2, 0.25) is 0 Å². The number of piperazine rings is 1. The topological polar surface area (TPSA) is 56.4 Å². The fourth-order valence-electron chi connectivity index (χ4n) is 3.88. The van der Waals surface area contributed by atoms with Gasteiger partial charge >= 0.3 is 0 Å². The summed E-state index contributed by atoms with van der Waals surface area (Å²) in [6, 6.07) is 13.8. The van der Waals surface area contributed by atoms with Crippen LogP contribution in [0.4, 0.5) is 5.69 Å². The Kier molecular flexibility index (Phi) is 8.11. The van der Waals surface area contributed by atoms with E-state index in [-0.39, 0.29) is 5.91 Å². The summed E-state index contributed by atoms with van der Waals surface area (Å²) in [5.41, 5.74) is 3.28. The van der Waals surface area contributed by atoms with Crippen molar-refractivity contribution in [3.63, 3.8) is 0 Å². The fraction of sp³-hybridized carbons (Fsp3) is 0.458. The molecule has 2 aromatic carbocycles. The number of ether oxygens (including phenoxy) is 2. The minimum absolute atomic E-state index is 0.107. The molecule has 2 aromatic rings. The quantitative estimate of drug-likeness (QED) is 0.525. The van der Waals surface area contributed by atoms with E-state index >= 15 is 0 Å². The molecule has 0 aliphatic carbocycles. The molecule has 3 N–H and O–H groups in total. The van der Waals surface area contributed by atoms with Crippen LogP contribution in [0.2, 0.25) is 0 Å². The summed E-state index contributed by atoms with van der Waals surface area (Å²) >= 11 is 0. The van der Waals surface area contributed by atoms with E-state index in [1.165, 1.54) is 10.5 Å². The van der Waals surface area contributed by atoms with Crippen LogP contribution in [0.15, 0.2) is 42.5 Å². The number of benzene rings is 2. The highest BCUT2D eigenvalue weighted by molar-refractivity contribution is 5.92. The second-order valence-corrected chi connectivity index (χ2v) is 8.10. The summed E-state index contributed by atoms with van der Waals surface area (Å²) in [5, 5.41) is 3.08. The van der Waals surface area contributed by atoms with Crippen molar-refractivity contribution in [2.45, 2.75) is 20.3 Å². The minimum Gasteiger partial charge on any atom is -0.497 e. The summed E-state index contributed by atoms with van der Waals surface area (Å²) in [7, 11) is 1.66. The normalized spacial score (nSPS) is 18.6. The molecule has 0 atom stereocenters. The standard InChI is InChI=1S/C24H33N3O3/c1-19-6-4-7-23(20(19)2)25-24(28)18-27-15-13-26(14-16-27)12-5-17-30-22-10-8-21(29-3)9-11-22/h4,6-11H,5,12-18H2,1-3H3,(H,25,28)/p+2. The van der Waals surface area contributed by atoms with Crippen LogP contribution in [-0.2, 0) is 4.79 Å². The van der Waals surface area contributed by atoms with E-state index in [4.69, 9.17) is 9.47 Å². The van der Waals surface area contributed by atoms with Crippen molar-refractivity contribution in [3.05, 3.63) is 53.6 Å². The van der Waals surface area contributed by atoms with Crippen molar-refractivity contribution in [2.75, 3.05) is 58.3 Å². The third kappa shape index (κ3) is 6.47. The minimum atomic E-state index is 0.107. The van der Waals surface area contributed by atoms with Crippen molar-refractivity contribution >= 4 is 11.6 Å². The summed E-state index contributed by atoms with van der Waals surface area (Å²) in [4.78, 5) is 15.4. The molecule has 1 fully saturated rings. The smallest absolute Gasteiger partial charge is 0.279 e. The summed E-state index contributed by atoms with van der Waals surface area (Å²) in [6.07, 6.45) is 1.03. The maximum absolute atomic E-state index is 12.4. The molecule has 1 aliphatic heterocycles. The lowest BCUT2D eigenvalue weighted by atomic mass is 10.1. The second kappa shape index (κ2) is 11.0. The number of amides is 1. The van der Waals surface area contributed by atoms with Crippen LogP contribution in [0.3, 0.4) is 0 Å². The van der Waals surface area contributed by atoms with Gasteiger partial charge in [-0.1, -0.05) is 12.1 Å². The van der Waals surface area contributed by atoms with Crippen molar-refractivity contribution in [3.8, 4) is 11.5 Å². The van der Waals surface area contributed by atoms with Gasteiger partial charge in [-0.05, 0) is 55.3 Å². The molecule has 30 heavy (non-hydrogen) atoms. The van der Waals surface area contributed by atoms with Gasteiger partial charge in [-0.15, -0.1) is 0 Å². The summed E-state index contributed by atoms with van der Waals surface area (Å²) < 4.78 is 11.0. The second-order valence-electron chi connectivity index (χ2n) is 8.10. The highest BCUT2D eigenvalue weighted by Gasteiger charge is 2.24. The lowest BCUT2D eigenvalue weighted by Gasteiger charge is -2.29. The molecule has 162 valence electrons. The van der Waals surface area contributed by atoms with Gasteiger partial charge in [-0.3, -0.25) is 4.79 Å². The van der Waals surface area contributed by atoms with Gasteiger partial charge in [0, 0.05) is 12.1 Å². The van der Waals surface area contributed by atoms with Crippen molar-refractivity contribution < 1.29 is 24.1 Å². The molecular weight excluding hydrogens is 378 g/mol. The van der Waals surface area contributed by atoms with Crippen LogP contribution in [0, 0.1) is 13.8 Å². The number of hydrogen-bond acceptors (Lipinski definition) is 3. The average Bonchev–Trinajstić information content (AvgIpc) is 2.76. The first-order valence-corrected chi connectivity index (χ1v) is 10.8. The number of rotatable bonds is 9. The predicted molar refractivity (Wildman–Crippen MR) is 119 cm³/mol. The molecule has 1 saturated heterocycles. The Balaban J connectivity index is 1.31. The Labute approximate surface area is 179 Å². The van der Waals surface area contributed by atoms with Crippen LogP contribution in [0.25, 0.3) is 0 Å². The Hall–Kier alpha value is -2.57. The maximum Gasteiger partial charge on any atom is 0.279 e. The first kappa shape index (κ1) is 22.1. The van der Waals surface area contributed by atoms with Gasteiger partial charge in [0.25, 0.3) is 5.91 Å². The van der Waals surface area contributed by atoms with Crippen molar-refractivity contribution in [1.82, 2.24) is 0 Å². The molecule has 3 rings (SSSR count). The first-order valence-electron chi connectivity index (χ1n) is 10.8. The van der Waals surface area contributed by atoms with Crippen molar-refractivity contribution in [2.24, 2.45) is 0 Å². The van der Waals surface area contributed by atoms with Crippen molar-refractivity contribution in [1.29, 1.82) is 0 Å². The molecule has 0 saturated carbocycles. The Morgan fingerprint density at radius 3 is 2.33 bits per heavy atom. The van der Waals surface area contributed by atoms with Crippen LogP contribution in [0.5, 0.6) is 11.5 Å². The van der Waals surface area contributed by atoms with Crippen LogP contribution in [0.1, 0.15) is 17.5 Å². The predicted octanol–water partition coefficient (Wildman–Crippen LogP) is 0.503. The number of aryl methyl sites for hydroxylation is 1. The van der Waals surface area contributed by atoms with E-state index in [1.54, 1.807) is 12.0 Å². The highest BCUT2D eigenvalue weighted by atomic mass is 16.5. The molecule has 1 heterocycles. The van der Waals surface area contributed by atoms with Gasteiger partial charge in [0.15, 0.2) is 6.54 Å². The lowest BCUT2D eigenvalue weighted by molar-refractivity contribution is -1.01. The van der Waals surface area contributed by atoms with Gasteiger partial charge in [0.05, 0.1) is 20.3 Å². The van der Waals surface area contributed by atoms with Gasteiger partial charge in [-0.2, -0.15) is 0 Å². The zero-order valence-corrected chi connectivity index (χ0v) is 18.4. The number of anilines is 1. The molecule has 6 nitrogen and oxygen atoms in total. The third-order valence-electron chi connectivity index (χ3n) is 5.96. The number of carbonyl (C=O) groups is 1. The van der Waals surface area contributed by atoms with Gasteiger partial charge < -0.3 is 24.6 Å². The molecular formula is C24H35N3O3+2. The molecule has 0 radical (unpaired) electrons. The largest absolute Gasteiger partial charge is 0.497 e. The van der Waals surface area contributed by atoms with Crippen LogP contribution >= 0.6 is 0 Å². The summed E-state index contributed by atoms with van der Waals surface area (Å²) in [5.74, 6) is 1.83. The average molecular weight is 414 g/mol. The molecule has 0 unspecified atom stereocenters. The highest BCUT2D eigenvalue weighted by Crippen LogP contribution is 2.18. The number of carbonyl (C=O) groups excluding carboxylic acids is 1. The van der Waals surface area contributed by atoms with Gasteiger partial charge in [0.1, 0.15) is 37.7 Å². The fourth-order valence-corrected chi connectivity index (χ4v) is 3.88. The zero-order chi connectivity index (χ0) is 21.3. The maximum atomic E-state index is 12.4. The third-order valence-corrected chi connectivity index (χ3v) is 5.96. The molecule has 6 heteroatoms. The Morgan fingerprint density at radius 1 is 0.967 bits per heavy atom. The Bertz CT molecular complexity index is 815. The Morgan fingerprint density at radius 2 is 1.63 bits per heavy atom. The van der Waals surface area contributed by atoms with Gasteiger partial charge in [-0.25, -0.2) is 0 Å². The number of nitrogens with one attached hydrogen (secondary N) is 3. The van der Waals surface area contributed by atoms with E-state index in [1.807, 2.05) is 36.4 Å². The van der Waals surface area contributed by atoms with E-state index in [0.717, 1.165) is 68.5 Å². The van der Waals surface area contributed by atoms with Crippen LogP contribution < -0.4 is 24.6 Å². The van der Waals surface area contributed by atoms with Crippen LogP contribution in [-0.4, -0.2) is 58.9 Å². The lowest BCUT2D eigenvalue weighted by Crippen LogP contribution is -3.28. The SMILES string of the molecule is COc1ccc(OCCC[NH+]2CC[NH+](CC(=O)Nc3cccc(C)c3C)CC2)cc1. The first-order chi connectivity index (χ1) is 14.5. The van der Waals surface area contributed by atoms with E-state index in [2.05, 4.69) is 25.2 Å². The van der Waals surface area contributed by atoms with E-state index < -0.39 is 0 Å². The molecule has 0 bridgehead atoms. The number of hydrogen-bond donors (Lipinski definition) is 3. The zero-order valence-electron chi connectivity index (χ0n) is 18.4. The molecule has 1 amide bonds. The number of quaternary nitrogens is 2. The van der Waals surface area contributed by atoms with E-state index in [9.17, 15) is 4.79 Å². The molecule has 0 spiro atoms. The molecule has 0 aromatic heterocycles.